The summed E-state index contributed by atoms with van der Waals surface area (Å²) in [6.07, 6.45) is 8.90. The zero-order chi connectivity index (χ0) is 27.0. The SMILES string of the molecule is C=C(C)C(=O)OCCNC(=O)OCCCCCC(=O)OCCCCCC(=O)OCC(CC)CCCC. The van der Waals surface area contributed by atoms with Crippen LogP contribution in [0.3, 0.4) is 0 Å². The molecule has 0 radical (unpaired) electrons. The maximum Gasteiger partial charge on any atom is 0.407 e. The Morgan fingerprint density at radius 2 is 1.36 bits per heavy atom. The van der Waals surface area contributed by atoms with Crippen LogP contribution in [0.4, 0.5) is 4.79 Å². The molecule has 0 aromatic rings. The molecule has 0 aliphatic heterocycles. The van der Waals surface area contributed by atoms with E-state index < -0.39 is 12.1 Å². The second kappa shape index (κ2) is 22.9. The summed E-state index contributed by atoms with van der Waals surface area (Å²) in [5.74, 6) is -0.432. The smallest absolute Gasteiger partial charge is 0.407 e. The molecule has 1 atom stereocenters. The third-order valence-corrected chi connectivity index (χ3v) is 5.52. The molecule has 1 amide bonds. The molecule has 0 rings (SSSR count). The Morgan fingerprint density at radius 3 is 1.94 bits per heavy atom. The van der Waals surface area contributed by atoms with Crippen molar-refractivity contribution in [2.75, 3.05) is 33.0 Å². The van der Waals surface area contributed by atoms with Gasteiger partial charge < -0.3 is 24.3 Å². The molecule has 0 aliphatic rings. The Kier molecular flexibility index (Phi) is 21.2. The molecular formula is C27H47NO8. The van der Waals surface area contributed by atoms with Crippen LogP contribution in [0, 0.1) is 5.92 Å². The van der Waals surface area contributed by atoms with E-state index in [0.717, 1.165) is 44.9 Å². The molecule has 0 aliphatic carbocycles. The first-order chi connectivity index (χ1) is 17.3. The molecule has 208 valence electrons. The second-order valence-corrected chi connectivity index (χ2v) is 8.92. The van der Waals surface area contributed by atoms with Crippen molar-refractivity contribution >= 4 is 24.0 Å². The molecule has 1 unspecified atom stereocenters. The highest BCUT2D eigenvalue weighted by atomic mass is 16.6. The van der Waals surface area contributed by atoms with Crippen molar-refractivity contribution in [3.63, 3.8) is 0 Å². The molecule has 1 N–H and O–H groups in total. The fourth-order valence-electron chi connectivity index (χ4n) is 3.17. The highest BCUT2D eigenvalue weighted by Crippen LogP contribution is 2.13. The largest absolute Gasteiger partial charge is 0.466 e. The number of amides is 1. The first-order valence-corrected chi connectivity index (χ1v) is 13.3. The van der Waals surface area contributed by atoms with Gasteiger partial charge in [0.25, 0.3) is 0 Å². The number of alkyl carbamates (subject to hydrolysis) is 1. The summed E-state index contributed by atoms with van der Waals surface area (Å²) < 4.78 is 20.5. The van der Waals surface area contributed by atoms with E-state index in [9.17, 15) is 19.2 Å². The van der Waals surface area contributed by atoms with Crippen molar-refractivity contribution in [2.24, 2.45) is 5.92 Å². The van der Waals surface area contributed by atoms with Gasteiger partial charge in [-0.2, -0.15) is 0 Å². The minimum Gasteiger partial charge on any atom is -0.466 e. The van der Waals surface area contributed by atoms with Crippen LogP contribution in [0.15, 0.2) is 12.2 Å². The number of rotatable bonds is 22. The highest BCUT2D eigenvalue weighted by molar-refractivity contribution is 5.86. The molecule has 0 fully saturated rings. The van der Waals surface area contributed by atoms with E-state index in [1.54, 1.807) is 6.92 Å². The van der Waals surface area contributed by atoms with Gasteiger partial charge >= 0.3 is 24.0 Å². The molecule has 0 heterocycles. The molecule has 9 heteroatoms. The minimum atomic E-state index is -0.578. The van der Waals surface area contributed by atoms with Crippen molar-refractivity contribution in [3.8, 4) is 0 Å². The summed E-state index contributed by atoms with van der Waals surface area (Å²) in [5.41, 5.74) is 0.300. The number of ether oxygens (including phenoxy) is 4. The molecule has 0 saturated heterocycles. The van der Waals surface area contributed by atoms with Crippen molar-refractivity contribution in [1.82, 2.24) is 5.32 Å². The van der Waals surface area contributed by atoms with Crippen LogP contribution in [-0.4, -0.2) is 57.0 Å². The van der Waals surface area contributed by atoms with Crippen molar-refractivity contribution in [1.29, 1.82) is 0 Å². The molecule has 0 saturated carbocycles. The summed E-state index contributed by atoms with van der Waals surface area (Å²) in [6.45, 7) is 10.6. The Bertz CT molecular complexity index is 650. The van der Waals surface area contributed by atoms with E-state index in [-0.39, 0.29) is 31.7 Å². The maximum absolute atomic E-state index is 11.9. The first-order valence-electron chi connectivity index (χ1n) is 13.3. The van der Waals surface area contributed by atoms with Gasteiger partial charge in [-0.15, -0.1) is 0 Å². The van der Waals surface area contributed by atoms with Gasteiger partial charge in [-0.25, -0.2) is 9.59 Å². The monoisotopic (exact) mass is 513 g/mol. The van der Waals surface area contributed by atoms with Gasteiger partial charge in [-0.3, -0.25) is 9.59 Å². The van der Waals surface area contributed by atoms with Crippen LogP contribution >= 0.6 is 0 Å². The first kappa shape index (κ1) is 33.4. The van der Waals surface area contributed by atoms with Gasteiger partial charge in [-0.1, -0.05) is 39.7 Å². The van der Waals surface area contributed by atoms with Crippen LogP contribution < -0.4 is 5.32 Å². The summed E-state index contributed by atoms with van der Waals surface area (Å²) in [5, 5.41) is 2.48. The Morgan fingerprint density at radius 1 is 0.750 bits per heavy atom. The molecular weight excluding hydrogens is 466 g/mol. The maximum atomic E-state index is 11.9. The predicted molar refractivity (Wildman–Crippen MR) is 137 cm³/mol. The molecule has 0 aromatic carbocycles. The average Bonchev–Trinajstić information content (AvgIpc) is 2.85. The van der Waals surface area contributed by atoms with Crippen LogP contribution in [0.25, 0.3) is 0 Å². The Balaban J connectivity index is 3.53. The zero-order valence-electron chi connectivity index (χ0n) is 22.6. The van der Waals surface area contributed by atoms with Gasteiger partial charge in [0.1, 0.15) is 6.61 Å². The second-order valence-electron chi connectivity index (χ2n) is 8.92. The standard InChI is InChI=1S/C27H47NO8/c1-5-7-14-23(6-2)21-36-25(30)16-11-8-12-18-33-24(29)15-10-9-13-19-35-27(32)28-17-20-34-26(31)22(3)4/h23H,3,5-21H2,1-2,4H3,(H,28,32). The van der Waals surface area contributed by atoms with E-state index in [1.807, 2.05) is 0 Å². The number of carbonyl (C=O) groups is 4. The lowest BCUT2D eigenvalue weighted by atomic mass is 10.0. The number of nitrogens with one attached hydrogen (secondary N) is 1. The summed E-state index contributed by atoms with van der Waals surface area (Å²) >= 11 is 0. The van der Waals surface area contributed by atoms with E-state index in [1.165, 1.54) is 6.42 Å². The van der Waals surface area contributed by atoms with Gasteiger partial charge in [-0.05, 0) is 57.8 Å². The summed E-state index contributed by atoms with van der Waals surface area (Å²) in [7, 11) is 0. The highest BCUT2D eigenvalue weighted by Gasteiger charge is 2.10. The van der Waals surface area contributed by atoms with Crippen LogP contribution in [0.2, 0.25) is 0 Å². The third kappa shape index (κ3) is 20.8. The third-order valence-electron chi connectivity index (χ3n) is 5.52. The minimum absolute atomic E-state index is 0.0497. The van der Waals surface area contributed by atoms with Crippen LogP contribution in [-0.2, 0) is 33.3 Å². The van der Waals surface area contributed by atoms with E-state index in [2.05, 4.69) is 25.7 Å². The Hall–Kier alpha value is -2.58. The fourth-order valence-corrected chi connectivity index (χ4v) is 3.17. The van der Waals surface area contributed by atoms with Gasteiger partial charge in [0.2, 0.25) is 0 Å². The normalized spacial score (nSPS) is 11.3. The number of unbranched alkanes of at least 4 members (excludes halogenated alkanes) is 5. The lowest BCUT2D eigenvalue weighted by Gasteiger charge is -2.14. The summed E-state index contributed by atoms with van der Waals surface area (Å²) in [6, 6.07) is 0. The molecule has 36 heavy (non-hydrogen) atoms. The quantitative estimate of drug-likeness (QED) is 0.0902. The van der Waals surface area contributed by atoms with Gasteiger partial charge in [0, 0.05) is 18.4 Å². The number of hydrogen-bond donors (Lipinski definition) is 1. The lowest BCUT2D eigenvalue weighted by Crippen LogP contribution is -2.29. The fraction of sp³-hybridized carbons (Fsp3) is 0.778. The van der Waals surface area contributed by atoms with E-state index in [4.69, 9.17) is 18.9 Å². The number of carbonyl (C=O) groups excluding carboxylic acids is 4. The number of hydrogen-bond acceptors (Lipinski definition) is 8. The van der Waals surface area contributed by atoms with Crippen LogP contribution in [0.1, 0.15) is 97.8 Å². The topological polar surface area (TPSA) is 117 Å². The number of esters is 3. The van der Waals surface area contributed by atoms with Crippen LogP contribution in [0.5, 0.6) is 0 Å². The van der Waals surface area contributed by atoms with E-state index >= 15 is 0 Å². The van der Waals surface area contributed by atoms with Crippen molar-refractivity contribution < 1.29 is 38.1 Å². The summed E-state index contributed by atoms with van der Waals surface area (Å²) in [4.78, 5) is 46.3. The molecule has 0 bridgehead atoms. The lowest BCUT2D eigenvalue weighted by molar-refractivity contribution is -0.146. The van der Waals surface area contributed by atoms with Gasteiger partial charge in [0.15, 0.2) is 0 Å². The van der Waals surface area contributed by atoms with E-state index in [0.29, 0.717) is 50.4 Å². The molecule has 9 nitrogen and oxygen atoms in total. The predicted octanol–water partition coefficient (Wildman–Crippen LogP) is 5.26. The van der Waals surface area contributed by atoms with Crippen molar-refractivity contribution in [3.05, 3.63) is 12.2 Å². The Labute approximate surface area is 216 Å². The molecule has 0 spiro atoms. The van der Waals surface area contributed by atoms with Gasteiger partial charge in [0.05, 0.1) is 26.4 Å². The zero-order valence-corrected chi connectivity index (χ0v) is 22.6. The molecule has 0 aromatic heterocycles. The average molecular weight is 514 g/mol. The van der Waals surface area contributed by atoms with Crippen molar-refractivity contribution in [2.45, 2.75) is 97.8 Å².